The number of para-hydroxylation sites is 1. The molecule has 202 valence electrons. The third kappa shape index (κ3) is 6.02. The molecule has 1 fully saturated rings. The van der Waals surface area contributed by atoms with Crippen molar-refractivity contribution in [3.63, 3.8) is 0 Å². The molecule has 0 unspecified atom stereocenters. The Bertz CT molecular complexity index is 1630. The molecule has 0 bridgehead atoms. The summed E-state index contributed by atoms with van der Waals surface area (Å²) in [7, 11) is 0. The lowest BCUT2D eigenvalue weighted by atomic mass is 10.1. The zero-order chi connectivity index (χ0) is 28.1. The van der Waals surface area contributed by atoms with Crippen molar-refractivity contribution in [2.45, 2.75) is 20.5 Å². The highest BCUT2D eigenvalue weighted by Gasteiger charge is 2.36. The number of thioether (sulfide) groups is 1. The van der Waals surface area contributed by atoms with Gasteiger partial charge in [0.2, 0.25) is 5.91 Å². The number of ether oxygens (including phenoxy) is 2. The van der Waals surface area contributed by atoms with Crippen LogP contribution >= 0.6 is 11.8 Å². The second-order valence-electron chi connectivity index (χ2n) is 9.20. The number of benzene rings is 4. The molecule has 5 rings (SSSR count). The minimum Gasteiger partial charge on any atom is -0.490 e. The number of imide groups is 1. The van der Waals surface area contributed by atoms with E-state index in [1.54, 1.807) is 30.3 Å². The van der Waals surface area contributed by atoms with E-state index in [0.717, 1.165) is 38.6 Å². The first-order valence-corrected chi connectivity index (χ1v) is 13.7. The van der Waals surface area contributed by atoms with E-state index in [0.29, 0.717) is 36.0 Å². The zero-order valence-corrected chi connectivity index (χ0v) is 23.0. The lowest BCUT2D eigenvalue weighted by Crippen LogP contribution is -2.36. The van der Waals surface area contributed by atoms with E-state index in [-0.39, 0.29) is 11.4 Å². The molecule has 4 aromatic rings. The molecule has 40 heavy (non-hydrogen) atoms. The number of rotatable bonds is 9. The van der Waals surface area contributed by atoms with Crippen molar-refractivity contribution in [1.29, 1.82) is 0 Å². The van der Waals surface area contributed by atoms with Crippen molar-refractivity contribution < 1.29 is 23.9 Å². The van der Waals surface area contributed by atoms with Crippen LogP contribution in [-0.4, -0.2) is 35.1 Å². The van der Waals surface area contributed by atoms with Crippen molar-refractivity contribution in [3.8, 4) is 11.5 Å². The number of carbonyl (C=O) groups excluding carboxylic acids is 3. The predicted molar refractivity (Wildman–Crippen MR) is 158 cm³/mol. The number of nitrogens with one attached hydrogen (secondary N) is 1. The maximum Gasteiger partial charge on any atom is 0.294 e. The van der Waals surface area contributed by atoms with Crippen LogP contribution in [0.15, 0.2) is 89.8 Å². The number of nitrogens with zero attached hydrogens (tertiary/aromatic N) is 1. The maximum absolute atomic E-state index is 13.0. The van der Waals surface area contributed by atoms with Gasteiger partial charge in [0, 0.05) is 5.69 Å². The quantitative estimate of drug-likeness (QED) is 0.230. The lowest BCUT2D eigenvalue weighted by molar-refractivity contribution is -0.127. The summed E-state index contributed by atoms with van der Waals surface area (Å²) in [6, 6.07) is 27.0. The number of aryl methyl sites for hydroxylation is 1. The first-order valence-electron chi connectivity index (χ1n) is 12.9. The minimum atomic E-state index is -0.510. The van der Waals surface area contributed by atoms with E-state index in [1.165, 1.54) is 0 Å². The van der Waals surface area contributed by atoms with Crippen LogP contribution in [0.1, 0.15) is 23.6 Å². The van der Waals surface area contributed by atoms with E-state index in [2.05, 4.69) is 23.5 Å². The van der Waals surface area contributed by atoms with Gasteiger partial charge < -0.3 is 14.8 Å². The Hall–Kier alpha value is -4.56. The molecular weight excluding hydrogens is 524 g/mol. The van der Waals surface area contributed by atoms with Crippen LogP contribution in [0.2, 0.25) is 0 Å². The standard InChI is InChI=1S/C32H28N2O5S/c1-3-38-28-17-22(15-16-27(28)39-20-24-12-8-11-23-10-5-6-13-25(23)24)18-29-31(36)34(32(37)40-29)19-30(35)33-26-14-7-4-9-21(26)2/h4-18H,3,19-20H2,1-2H3,(H,33,35)/b29-18+. The molecule has 7 nitrogen and oxygen atoms in total. The number of anilines is 1. The van der Waals surface area contributed by atoms with Gasteiger partial charge in [-0.3, -0.25) is 19.3 Å². The fourth-order valence-electron chi connectivity index (χ4n) is 4.41. The second-order valence-corrected chi connectivity index (χ2v) is 10.2. The molecule has 0 spiro atoms. The monoisotopic (exact) mass is 552 g/mol. The van der Waals surface area contributed by atoms with Crippen LogP contribution in [-0.2, 0) is 16.2 Å². The zero-order valence-electron chi connectivity index (χ0n) is 22.2. The Morgan fingerprint density at radius 3 is 2.52 bits per heavy atom. The van der Waals surface area contributed by atoms with Gasteiger partial charge in [0.1, 0.15) is 13.2 Å². The van der Waals surface area contributed by atoms with Crippen molar-refractivity contribution in [1.82, 2.24) is 4.90 Å². The summed E-state index contributed by atoms with van der Waals surface area (Å²) in [5.74, 6) is 0.162. The van der Waals surface area contributed by atoms with Crippen LogP contribution < -0.4 is 14.8 Å². The van der Waals surface area contributed by atoms with E-state index in [4.69, 9.17) is 9.47 Å². The first-order chi connectivity index (χ1) is 19.4. The van der Waals surface area contributed by atoms with Gasteiger partial charge in [0.25, 0.3) is 11.1 Å². The van der Waals surface area contributed by atoms with Crippen LogP contribution in [0.25, 0.3) is 16.8 Å². The van der Waals surface area contributed by atoms with Crippen molar-refractivity contribution >= 4 is 51.4 Å². The Kier molecular flexibility index (Phi) is 8.17. The van der Waals surface area contributed by atoms with Gasteiger partial charge in [0.15, 0.2) is 11.5 Å². The summed E-state index contributed by atoms with van der Waals surface area (Å²) in [6.07, 6.45) is 1.63. The fraction of sp³-hybridized carbons (Fsp3) is 0.156. The summed E-state index contributed by atoms with van der Waals surface area (Å²) < 4.78 is 12.0. The summed E-state index contributed by atoms with van der Waals surface area (Å²) in [6.45, 7) is 4.19. The van der Waals surface area contributed by atoms with Gasteiger partial charge in [-0.2, -0.15) is 0 Å². The average molecular weight is 553 g/mol. The van der Waals surface area contributed by atoms with Crippen molar-refractivity contribution in [2.24, 2.45) is 0 Å². The van der Waals surface area contributed by atoms with Gasteiger partial charge in [-0.15, -0.1) is 0 Å². The van der Waals surface area contributed by atoms with E-state index < -0.39 is 17.1 Å². The highest BCUT2D eigenvalue weighted by molar-refractivity contribution is 8.18. The van der Waals surface area contributed by atoms with Crippen LogP contribution in [0, 0.1) is 6.92 Å². The van der Waals surface area contributed by atoms with E-state index in [1.807, 2.05) is 56.3 Å². The Morgan fingerprint density at radius 2 is 1.70 bits per heavy atom. The molecule has 1 saturated heterocycles. The third-order valence-electron chi connectivity index (χ3n) is 6.42. The molecule has 0 atom stereocenters. The molecule has 0 saturated carbocycles. The number of fused-ring (bicyclic) bond motifs is 1. The lowest BCUT2D eigenvalue weighted by Gasteiger charge is -2.14. The SMILES string of the molecule is CCOc1cc(/C=C2/SC(=O)N(CC(=O)Nc3ccccc3C)C2=O)ccc1OCc1cccc2ccccc12. The van der Waals surface area contributed by atoms with E-state index in [9.17, 15) is 14.4 Å². The van der Waals surface area contributed by atoms with Gasteiger partial charge in [0.05, 0.1) is 11.5 Å². The fourth-order valence-corrected chi connectivity index (χ4v) is 5.25. The highest BCUT2D eigenvalue weighted by atomic mass is 32.2. The Morgan fingerprint density at radius 1 is 0.925 bits per heavy atom. The molecule has 1 aliphatic heterocycles. The molecule has 8 heteroatoms. The molecule has 1 N–H and O–H groups in total. The Balaban J connectivity index is 1.29. The van der Waals surface area contributed by atoms with Gasteiger partial charge >= 0.3 is 0 Å². The van der Waals surface area contributed by atoms with Crippen LogP contribution in [0.5, 0.6) is 11.5 Å². The van der Waals surface area contributed by atoms with Gasteiger partial charge in [-0.25, -0.2) is 0 Å². The van der Waals surface area contributed by atoms with Crippen molar-refractivity contribution in [3.05, 3.63) is 107 Å². The predicted octanol–water partition coefficient (Wildman–Crippen LogP) is 6.80. The third-order valence-corrected chi connectivity index (χ3v) is 7.33. The molecular formula is C32H28N2O5S. The molecule has 0 aromatic heterocycles. The Labute approximate surface area is 236 Å². The number of amides is 3. The number of hydrogen-bond acceptors (Lipinski definition) is 6. The van der Waals surface area contributed by atoms with Gasteiger partial charge in [-0.05, 0) is 77.3 Å². The topological polar surface area (TPSA) is 84.9 Å². The molecule has 0 radical (unpaired) electrons. The average Bonchev–Trinajstić information content (AvgIpc) is 3.21. The number of carbonyl (C=O) groups is 3. The minimum absolute atomic E-state index is 0.237. The summed E-state index contributed by atoms with van der Waals surface area (Å²) in [5, 5.41) is 4.54. The molecule has 4 aromatic carbocycles. The molecule has 1 heterocycles. The van der Waals surface area contributed by atoms with Crippen molar-refractivity contribution in [2.75, 3.05) is 18.5 Å². The van der Waals surface area contributed by atoms with Crippen LogP contribution in [0.3, 0.4) is 0 Å². The smallest absolute Gasteiger partial charge is 0.294 e. The summed E-state index contributed by atoms with van der Waals surface area (Å²) in [4.78, 5) is 39.3. The molecule has 1 aliphatic rings. The van der Waals surface area contributed by atoms with Gasteiger partial charge in [-0.1, -0.05) is 66.7 Å². The molecule has 0 aliphatic carbocycles. The van der Waals surface area contributed by atoms with Crippen LogP contribution in [0.4, 0.5) is 10.5 Å². The van der Waals surface area contributed by atoms with E-state index >= 15 is 0 Å². The first kappa shape index (κ1) is 27.0. The maximum atomic E-state index is 13.0. The highest BCUT2D eigenvalue weighted by Crippen LogP contribution is 2.35. The largest absolute Gasteiger partial charge is 0.490 e. The normalized spacial score (nSPS) is 14.2. The summed E-state index contributed by atoms with van der Waals surface area (Å²) >= 11 is 0.807. The number of hydrogen-bond donors (Lipinski definition) is 1. The summed E-state index contributed by atoms with van der Waals surface area (Å²) in [5.41, 5.74) is 3.27. The second kappa shape index (κ2) is 12.1. The molecule has 3 amide bonds.